The SMILES string of the molecule is CC(Cc1ccccc1Cl)NC(=O)CCC1CCNCC1. The molecule has 1 amide bonds. The number of rotatable bonds is 6. The van der Waals surface area contributed by atoms with Gasteiger partial charge in [0, 0.05) is 17.5 Å². The summed E-state index contributed by atoms with van der Waals surface area (Å²) in [6.07, 6.45) is 4.81. The molecular formula is C17H25ClN2O. The number of carbonyl (C=O) groups excluding carboxylic acids is 1. The van der Waals surface area contributed by atoms with Crippen molar-refractivity contribution < 1.29 is 4.79 Å². The minimum atomic E-state index is 0.116. The third-order valence-corrected chi connectivity index (χ3v) is 4.50. The minimum absolute atomic E-state index is 0.116. The van der Waals surface area contributed by atoms with E-state index in [1.807, 2.05) is 31.2 Å². The highest BCUT2D eigenvalue weighted by Crippen LogP contribution is 2.18. The maximum Gasteiger partial charge on any atom is 0.220 e. The normalized spacial score (nSPS) is 17.4. The van der Waals surface area contributed by atoms with Crippen LogP contribution < -0.4 is 10.6 Å². The number of nitrogens with one attached hydrogen (secondary N) is 2. The third kappa shape index (κ3) is 5.68. The Morgan fingerprint density at radius 3 is 2.81 bits per heavy atom. The Hall–Kier alpha value is -1.06. The maximum atomic E-state index is 12.0. The van der Waals surface area contributed by atoms with Crippen LogP contribution in [0.2, 0.25) is 5.02 Å². The molecule has 4 heteroatoms. The van der Waals surface area contributed by atoms with Gasteiger partial charge in [-0.05, 0) is 63.2 Å². The molecule has 1 aromatic carbocycles. The van der Waals surface area contributed by atoms with E-state index in [9.17, 15) is 4.79 Å². The predicted molar refractivity (Wildman–Crippen MR) is 87.6 cm³/mol. The smallest absolute Gasteiger partial charge is 0.220 e. The standard InChI is InChI=1S/C17H25ClN2O/c1-13(12-15-4-2-3-5-16(15)18)20-17(21)7-6-14-8-10-19-11-9-14/h2-5,13-14,19H,6-12H2,1H3,(H,20,21). The van der Waals surface area contributed by atoms with Gasteiger partial charge in [-0.2, -0.15) is 0 Å². The molecule has 0 aromatic heterocycles. The lowest BCUT2D eigenvalue weighted by Gasteiger charge is -2.22. The van der Waals surface area contributed by atoms with Crippen LogP contribution in [0.25, 0.3) is 0 Å². The summed E-state index contributed by atoms with van der Waals surface area (Å²) in [6, 6.07) is 7.93. The summed E-state index contributed by atoms with van der Waals surface area (Å²) in [5.41, 5.74) is 1.09. The molecule has 2 N–H and O–H groups in total. The maximum absolute atomic E-state index is 12.0. The number of hydrogen-bond donors (Lipinski definition) is 2. The van der Waals surface area contributed by atoms with Crippen LogP contribution in [0.1, 0.15) is 38.2 Å². The van der Waals surface area contributed by atoms with Gasteiger partial charge in [0.05, 0.1) is 0 Å². The van der Waals surface area contributed by atoms with E-state index in [1.54, 1.807) is 0 Å². The number of hydrogen-bond acceptors (Lipinski definition) is 2. The first-order valence-corrected chi connectivity index (χ1v) is 8.26. The summed E-state index contributed by atoms with van der Waals surface area (Å²) in [5.74, 6) is 0.865. The second kappa shape index (κ2) is 8.40. The first kappa shape index (κ1) is 16.3. The molecule has 0 radical (unpaired) electrons. The van der Waals surface area contributed by atoms with Crippen LogP contribution in [-0.2, 0) is 11.2 Å². The van der Waals surface area contributed by atoms with Crippen molar-refractivity contribution in [2.75, 3.05) is 13.1 Å². The van der Waals surface area contributed by atoms with E-state index in [0.29, 0.717) is 12.3 Å². The second-order valence-corrected chi connectivity index (χ2v) is 6.40. The molecular weight excluding hydrogens is 284 g/mol. The van der Waals surface area contributed by atoms with Crippen molar-refractivity contribution >= 4 is 17.5 Å². The van der Waals surface area contributed by atoms with E-state index < -0.39 is 0 Å². The van der Waals surface area contributed by atoms with E-state index in [2.05, 4.69) is 10.6 Å². The zero-order chi connectivity index (χ0) is 15.1. The Balaban J connectivity index is 1.70. The molecule has 0 aliphatic carbocycles. The Kier molecular flexibility index (Phi) is 6.52. The fraction of sp³-hybridized carbons (Fsp3) is 0.588. The molecule has 0 bridgehead atoms. The van der Waals surface area contributed by atoms with Crippen molar-refractivity contribution in [3.05, 3.63) is 34.9 Å². The Bertz CT molecular complexity index is 458. The molecule has 1 saturated heterocycles. The van der Waals surface area contributed by atoms with Gasteiger partial charge in [0.1, 0.15) is 0 Å². The van der Waals surface area contributed by atoms with Crippen LogP contribution in [0, 0.1) is 5.92 Å². The van der Waals surface area contributed by atoms with Crippen molar-refractivity contribution in [3.8, 4) is 0 Å². The topological polar surface area (TPSA) is 41.1 Å². The van der Waals surface area contributed by atoms with Crippen molar-refractivity contribution in [3.63, 3.8) is 0 Å². The minimum Gasteiger partial charge on any atom is -0.353 e. The molecule has 0 saturated carbocycles. The summed E-state index contributed by atoms with van der Waals surface area (Å²) < 4.78 is 0. The monoisotopic (exact) mass is 308 g/mol. The zero-order valence-electron chi connectivity index (χ0n) is 12.7. The Morgan fingerprint density at radius 2 is 2.10 bits per heavy atom. The van der Waals surface area contributed by atoms with Gasteiger partial charge >= 0.3 is 0 Å². The number of halogens is 1. The van der Waals surface area contributed by atoms with Crippen LogP contribution >= 0.6 is 11.6 Å². The fourth-order valence-corrected chi connectivity index (χ4v) is 3.11. The molecule has 1 aliphatic rings. The highest BCUT2D eigenvalue weighted by atomic mass is 35.5. The highest BCUT2D eigenvalue weighted by Gasteiger charge is 2.15. The van der Waals surface area contributed by atoms with E-state index in [4.69, 9.17) is 11.6 Å². The molecule has 1 aromatic rings. The van der Waals surface area contributed by atoms with Crippen LogP contribution in [-0.4, -0.2) is 25.0 Å². The van der Waals surface area contributed by atoms with E-state index in [0.717, 1.165) is 36.5 Å². The lowest BCUT2D eigenvalue weighted by atomic mass is 9.93. The van der Waals surface area contributed by atoms with Crippen LogP contribution in [0.5, 0.6) is 0 Å². The van der Waals surface area contributed by atoms with Gasteiger partial charge in [-0.1, -0.05) is 29.8 Å². The highest BCUT2D eigenvalue weighted by molar-refractivity contribution is 6.31. The van der Waals surface area contributed by atoms with Crippen LogP contribution in [0.4, 0.5) is 0 Å². The quantitative estimate of drug-likeness (QED) is 0.847. The van der Waals surface area contributed by atoms with Gasteiger partial charge in [0.25, 0.3) is 0 Å². The Morgan fingerprint density at radius 1 is 1.38 bits per heavy atom. The van der Waals surface area contributed by atoms with Gasteiger partial charge < -0.3 is 10.6 Å². The predicted octanol–water partition coefficient (Wildman–Crippen LogP) is 3.17. The number of piperidine rings is 1. The van der Waals surface area contributed by atoms with Gasteiger partial charge in [-0.25, -0.2) is 0 Å². The van der Waals surface area contributed by atoms with Crippen LogP contribution in [0.3, 0.4) is 0 Å². The fourth-order valence-electron chi connectivity index (χ4n) is 2.90. The third-order valence-electron chi connectivity index (χ3n) is 4.13. The van der Waals surface area contributed by atoms with Crippen molar-refractivity contribution in [1.29, 1.82) is 0 Å². The van der Waals surface area contributed by atoms with E-state index >= 15 is 0 Å². The molecule has 1 unspecified atom stereocenters. The van der Waals surface area contributed by atoms with Crippen molar-refractivity contribution in [2.45, 2.75) is 45.1 Å². The van der Waals surface area contributed by atoms with E-state index in [1.165, 1.54) is 12.8 Å². The van der Waals surface area contributed by atoms with Gasteiger partial charge in [-0.3, -0.25) is 4.79 Å². The molecule has 1 fully saturated rings. The molecule has 1 heterocycles. The lowest BCUT2D eigenvalue weighted by molar-refractivity contribution is -0.122. The number of amides is 1. The van der Waals surface area contributed by atoms with Crippen molar-refractivity contribution in [1.82, 2.24) is 10.6 Å². The average molecular weight is 309 g/mol. The zero-order valence-corrected chi connectivity index (χ0v) is 13.5. The Labute approximate surface area is 132 Å². The summed E-state index contributed by atoms with van der Waals surface area (Å²) in [7, 11) is 0. The first-order valence-electron chi connectivity index (χ1n) is 7.88. The molecule has 0 spiro atoms. The van der Waals surface area contributed by atoms with E-state index in [-0.39, 0.29) is 11.9 Å². The summed E-state index contributed by atoms with van der Waals surface area (Å²) >= 11 is 6.15. The van der Waals surface area contributed by atoms with Crippen molar-refractivity contribution in [2.24, 2.45) is 5.92 Å². The molecule has 3 nitrogen and oxygen atoms in total. The molecule has 21 heavy (non-hydrogen) atoms. The summed E-state index contributed by atoms with van der Waals surface area (Å²) in [5, 5.41) is 7.21. The van der Waals surface area contributed by atoms with Crippen LogP contribution in [0.15, 0.2) is 24.3 Å². The number of benzene rings is 1. The molecule has 116 valence electrons. The molecule has 1 aliphatic heterocycles. The summed E-state index contributed by atoms with van der Waals surface area (Å²) in [4.78, 5) is 12.0. The summed E-state index contributed by atoms with van der Waals surface area (Å²) in [6.45, 7) is 4.22. The molecule has 2 rings (SSSR count). The molecule has 1 atom stereocenters. The lowest BCUT2D eigenvalue weighted by Crippen LogP contribution is -2.35. The largest absolute Gasteiger partial charge is 0.353 e. The van der Waals surface area contributed by atoms with Gasteiger partial charge in [0.2, 0.25) is 5.91 Å². The average Bonchev–Trinajstić information content (AvgIpc) is 2.48. The number of carbonyl (C=O) groups is 1. The van der Waals surface area contributed by atoms with Gasteiger partial charge in [-0.15, -0.1) is 0 Å². The second-order valence-electron chi connectivity index (χ2n) is 6.00. The van der Waals surface area contributed by atoms with Gasteiger partial charge in [0.15, 0.2) is 0 Å². The first-order chi connectivity index (χ1) is 10.1.